The molecule has 2 N–H and O–H groups in total. The molecule has 1 aromatic rings. The maximum absolute atomic E-state index is 12.5. The predicted octanol–water partition coefficient (Wildman–Crippen LogP) is -0.535. The van der Waals surface area contributed by atoms with Crippen LogP contribution in [0.2, 0.25) is 0 Å². The Morgan fingerprint density at radius 1 is 1.30 bits per heavy atom. The molecule has 1 saturated heterocycles. The molecule has 0 radical (unpaired) electrons. The third kappa shape index (κ3) is 3.88. The average Bonchev–Trinajstić information content (AvgIpc) is 2.51. The molecule has 0 saturated carbocycles. The zero-order valence-corrected chi connectivity index (χ0v) is 13.4. The van der Waals surface area contributed by atoms with Crippen LogP contribution in [0.4, 0.5) is 0 Å². The molecule has 1 atom stereocenters. The summed E-state index contributed by atoms with van der Waals surface area (Å²) < 4.78 is 0. The molecule has 126 valence electrons. The lowest BCUT2D eigenvalue weighted by molar-refractivity contribution is -0.150. The summed E-state index contributed by atoms with van der Waals surface area (Å²) in [6.07, 6.45) is 3.53. The molecule has 0 bridgehead atoms. The molecular weight excluding hydrogens is 300 g/mol. The van der Waals surface area contributed by atoms with Gasteiger partial charge in [0.05, 0.1) is 6.42 Å². The van der Waals surface area contributed by atoms with Gasteiger partial charge in [-0.3, -0.25) is 19.4 Å². The van der Waals surface area contributed by atoms with Gasteiger partial charge in [0.1, 0.15) is 6.04 Å². The fourth-order valence-corrected chi connectivity index (χ4v) is 2.72. The van der Waals surface area contributed by atoms with Crippen LogP contribution in [0.1, 0.15) is 31.7 Å². The highest BCUT2D eigenvalue weighted by atomic mass is 16.2. The van der Waals surface area contributed by atoms with E-state index in [1.165, 1.54) is 6.20 Å². The third-order valence-corrected chi connectivity index (χ3v) is 4.10. The molecule has 8 heteroatoms. The Hall–Kier alpha value is -2.38. The molecule has 2 heterocycles. The minimum absolute atomic E-state index is 0.0616. The number of carbonyl (C=O) groups excluding carboxylic acids is 2. The summed E-state index contributed by atoms with van der Waals surface area (Å²) in [4.78, 5) is 55.2. The number of rotatable bonds is 5. The normalized spacial score (nSPS) is 18.3. The molecular formula is C15H22N4O4. The van der Waals surface area contributed by atoms with E-state index in [0.29, 0.717) is 19.5 Å². The van der Waals surface area contributed by atoms with E-state index in [0.717, 1.165) is 12.8 Å². The van der Waals surface area contributed by atoms with Gasteiger partial charge in [-0.1, -0.05) is 19.8 Å². The van der Waals surface area contributed by atoms with E-state index in [-0.39, 0.29) is 23.8 Å². The van der Waals surface area contributed by atoms with Crippen LogP contribution in [0, 0.1) is 0 Å². The van der Waals surface area contributed by atoms with Crippen molar-refractivity contribution in [1.82, 2.24) is 19.8 Å². The second kappa shape index (κ2) is 7.26. The van der Waals surface area contributed by atoms with E-state index in [4.69, 9.17) is 0 Å². The number of aromatic nitrogens is 2. The lowest BCUT2D eigenvalue weighted by Gasteiger charge is -2.39. The molecule has 8 nitrogen and oxygen atoms in total. The molecule has 2 amide bonds. The molecule has 0 spiro atoms. The van der Waals surface area contributed by atoms with Gasteiger partial charge < -0.3 is 14.8 Å². The molecule has 1 aliphatic heterocycles. The van der Waals surface area contributed by atoms with Crippen molar-refractivity contribution in [2.24, 2.45) is 0 Å². The fraction of sp³-hybridized carbons (Fsp3) is 0.600. The van der Waals surface area contributed by atoms with Crippen LogP contribution in [0.15, 0.2) is 15.8 Å². The molecule has 0 aromatic carbocycles. The maximum Gasteiger partial charge on any atom is 0.325 e. The SMILES string of the molecule is CCCCC1C(=O)N(C)CCN1C(=O)Cc1c[nH]c(=O)[nH]c1=O. The summed E-state index contributed by atoms with van der Waals surface area (Å²) >= 11 is 0. The summed E-state index contributed by atoms with van der Waals surface area (Å²) in [7, 11) is 1.73. The van der Waals surface area contributed by atoms with Crippen molar-refractivity contribution in [3.8, 4) is 0 Å². The average molecular weight is 322 g/mol. The van der Waals surface area contributed by atoms with Crippen molar-refractivity contribution < 1.29 is 9.59 Å². The Balaban J connectivity index is 2.16. The number of amides is 2. The van der Waals surface area contributed by atoms with Gasteiger partial charge in [-0.2, -0.15) is 0 Å². The number of carbonyl (C=O) groups is 2. The number of hydrogen-bond donors (Lipinski definition) is 2. The van der Waals surface area contributed by atoms with Crippen molar-refractivity contribution >= 4 is 11.8 Å². The molecule has 1 aliphatic rings. The van der Waals surface area contributed by atoms with Crippen LogP contribution >= 0.6 is 0 Å². The monoisotopic (exact) mass is 322 g/mol. The van der Waals surface area contributed by atoms with E-state index in [1.54, 1.807) is 16.8 Å². The van der Waals surface area contributed by atoms with Crippen molar-refractivity contribution in [1.29, 1.82) is 0 Å². The molecule has 23 heavy (non-hydrogen) atoms. The summed E-state index contributed by atoms with van der Waals surface area (Å²) in [5.41, 5.74) is -0.996. The predicted molar refractivity (Wildman–Crippen MR) is 84.1 cm³/mol. The van der Waals surface area contributed by atoms with Gasteiger partial charge in [-0.15, -0.1) is 0 Å². The second-order valence-corrected chi connectivity index (χ2v) is 5.78. The highest BCUT2D eigenvalue weighted by molar-refractivity contribution is 5.89. The van der Waals surface area contributed by atoms with E-state index < -0.39 is 17.3 Å². The molecule has 1 fully saturated rings. The first-order valence-corrected chi connectivity index (χ1v) is 7.79. The van der Waals surface area contributed by atoms with Crippen LogP contribution in [-0.2, 0) is 16.0 Å². The maximum atomic E-state index is 12.5. The Bertz CT molecular complexity index is 693. The summed E-state index contributed by atoms with van der Waals surface area (Å²) in [5.74, 6) is -0.335. The Labute approximate surface area is 133 Å². The van der Waals surface area contributed by atoms with E-state index in [1.807, 2.05) is 6.92 Å². The van der Waals surface area contributed by atoms with Crippen molar-refractivity contribution in [2.75, 3.05) is 20.1 Å². The van der Waals surface area contributed by atoms with E-state index >= 15 is 0 Å². The van der Waals surface area contributed by atoms with Crippen LogP contribution in [0.3, 0.4) is 0 Å². The van der Waals surface area contributed by atoms with E-state index in [9.17, 15) is 19.2 Å². The Kier molecular flexibility index (Phi) is 5.36. The Morgan fingerprint density at radius 2 is 2.04 bits per heavy atom. The molecule has 1 aromatic heterocycles. The van der Waals surface area contributed by atoms with Crippen LogP contribution in [0.5, 0.6) is 0 Å². The summed E-state index contributed by atoms with van der Waals surface area (Å²) in [6.45, 7) is 2.97. The van der Waals surface area contributed by atoms with E-state index in [2.05, 4.69) is 9.97 Å². The first kappa shape index (κ1) is 17.0. The number of piperazine rings is 1. The lowest BCUT2D eigenvalue weighted by atomic mass is 10.0. The number of nitrogens with zero attached hydrogens (tertiary/aromatic N) is 2. The molecule has 2 rings (SSSR count). The highest BCUT2D eigenvalue weighted by Crippen LogP contribution is 2.17. The summed E-state index contributed by atoms with van der Waals surface area (Å²) in [6, 6.07) is -0.469. The van der Waals surface area contributed by atoms with Gasteiger partial charge >= 0.3 is 5.69 Å². The first-order valence-electron chi connectivity index (χ1n) is 7.79. The van der Waals surface area contributed by atoms with Gasteiger partial charge in [-0.05, 0) is 6.42 Å². The van der Waals surface area contributed by atoms with Crippen molar-refractivity contribution in [3.05, 3.63) is 32.6 Å². The first-order chi connectivity index (χ1) is 10.9. The van der Waals surface area contributed by atoms with Gasteiger partial charge in [0.2, 0.25) is 11.8 Å². The van der Waals surface area contributed by atoms with Gasteiger partial charge in [0, 0.05) is 31.9 Å². The van der Waals surface area contributed by atoms with Crippen molar-refractivity contribution in [2.45, 2.75) is 38.6 Å². The van der Waals surface area contributed by atoms with Gasteiger partial charge in [-0.25, -0.2) is 4.79 Å². The minimum Gasteiger partial charge on any atom is -0.342 e. The topological polar surface area (TPSA) is 106 Å². The Morgan fingerprint density at radius 3 is 2.70 bits per heavy atom. The number of aromatic amines is 2. The van der Waals surface area contributed by atoms with Gasteiger partial charge in [0.15, 0.2) is 0 Å². The fourth-order valence-electron chi connectivity index (χ4n) is 2.72. The van der Waals surface area contributed by atoms with Crippen molar-refractivity contribution in [3.63, 3.8) is 0 Å². The number of H-pyrrole nitrogens is 2. The molecule has 1 unspecified atom stereocenters. The zero-order chi connectivity index (χ0) is 17.0. The number of hydrogen-bond acceptors (Lipinski definition) is 4. The number of nitrogens with one attached hydrogen (secondary N) is 2. The quantitative estimate of drug-likeness (QED) is 0.759. The summed E-state index contributed by atoms with van der Waals surface area (Å²) in [5, 5.41) is 0. The number of likely N-dealkylation sites (N-methyl/N-ethyl adjacent to an activating group) is 1. The van der Waals surface area contributed by atoms with Gasteiger partial charge in [0.25, 0.3) is 5.56 Å². The molecule has 0 aliphatic carbocycles. The largest absolute Gasteiger partial charge is 0.342 e. The van der Waals surface area contributed by atoms with Crippen LogP contribution in [0.25, 0.3) is 0 Å². The smallest absolute Gasteiger partial charge is 0.325 e. The third-order valence-electron chi connectivity index (χ3n) is 4.10. The standard InChI is InChI=1S/C15H22N4O4/c1-3-4-5-11-14(22)18(2)6-7-19(11)12(20)8-10-9-16-15(23)17-13(10)21/h9,11H,3-8H2,1-2H3,(H2,16,17,21,23). The van der Waals surface area contributed by atoms with Crippen LogP contribution < -0.4 is 11.2 Å². The minimum atomic E-state index is -0.609. The second-order valence-electron chi connectivity index (χ2n) is 5.78. The zero-order valence-electron chi connectivity index (χ0n) is 13.4. The van der Waals surface area contributed by atoms with Crippen LogP contribution in [-0.4, -0.2) is 57.8 Å². The number of unbranched alkanes of at least 4 members (excludes halogenated alkanes) is 1. The highest BCUT2D eigenvalue weighted by Gasteiger charge is 2.35. The lowest BCUT2D eigenvalue weighted by Crippen LogP contribution is -2.58.